The summed E-state index contributed by atoms with van der Waals surface area (Å²) in [5.74, 6) is -0.741. The molecule has 2 nitrogen and oxygen atoms in total. The minimum absolute atomic E-state index is 0.326. The maximum Gasteiger partial charge on any atom is 0.229 e. The van der Waals surface area contributed by atoms with Crippen molar-refractivity contribution in [2.45, 2.75) is 5.92 Å². The molecule has 0 aliphatic carbocycles. The van der Waals surface area contributed by atoms with Crippen LogP contribution in [0.1, 0.15) is 17.0 Å². The number of amides is 1. The van der Waals surface area contributed by atoms with Gasteiger partial charge in [-0.05, 0) is 21.9 Å². The maximum atomic E-state index is 12.0. The number of hydrogen-bond acceptors (Lipinski definition) is 1. The molecule has 0 aliphatic heterocycles. The van der Waals surface area contributed by atoms with E-state index in [4.69, 9.17) is 5.73 Å². The molecule has 98 valence electrons. The molecular formula is C18H15NO. The lowest BCUT2D eigenvalue weighted by Gasteiger charge is -2.16. The van der Waals surface area contributed by atoms with Gasteiger partial charge in [-0.2, -0.15) is 0 Å². The van der Waals surface area contributed by atoms with Gasteiger partial charge in [0.25, 0.3) is 0 Å². The summed E-state index contributed by atoms with van der Waals surface area (Å²) in [5.41, 5.74) is 7.54. The van der Waals surface area contributed by atoms with Crippen LogP contribution in [0.4, 0.5) is 0 Å². The second kappa shape index (κ2) is 5.17. The van der Waals surface area contributed by atoms with Crippen LogP contribution in [0.2, 0.25) is 0 Å². The number of primary amides is 1. The number of benzene rings is 3. The highest BCUT2D eigenvalue weighted by atomic mass is 16.1. The number of carbonyl (C=O) groups excluding carboxylic acids is 1. The SMILES string of the molecule is NC(=O)C(c1ccccc1)c1cccc2ccccc12. The Morgan fingerprint density at radius 1 is 0.800 bits per heavy atom. The van der Waals surface area contributed by atoms with E-state index in [2.05, 4.69) is 0 Å². The highest BCUT2D eigenvalue weighted by Crippen LogP contribution is 2.30. The Morgan fingerprint density at radius 3 is 2.20 bits per heavy atom. The summed E-state index contributed by atoms with van der Waals surface area (Å²) in [6.45, 7) is 0. The van der Waals surface area contributed by atoms with E-state index in [0.29, 0.717) is 0 Å². The van der Waals surface area contributed by atoms with Crippen molar-refractivity contribution in [2.24, 2.45) is 5.73 Å². The van der Waals surface area contributed by atoms with E-state index >= 15 is 0 Å². The molecule has 0 fully saturated rings. The average Bonchev–Trinajstić information content (AvgIpc) is 2.48. The van der Waals surface area contributed by atoms with Crippen LogP contribution in [0, 0.1) is 0 Å². The first-order valence-electron chi connectivity index (χ1n) is 6.59. The summed E-state index contributed by atoms with van der Waals surface area (Å²) in [6.07, 6.45) is 0. The molecule has 1 amide bonds. The third kappa shape index (κ3) is 2.16. The largest absolute Gasteiger partial charge is 0.369 e. The summed E-state index contributed by atoms with van der Waals surface area (Å²) >= 11 is 0. The number of fused-ring (bicyclic) bond motifs is 1. The molecule has 2 N–H and O–H groups in total. The molecule has 3 aromatic rings. The topological polar surface area (TPSA) is 43.1 Å². The second-order valence-corrected chi connectivity index (χ2v) is 4.81. The summed E-state index contributed by atoms with van der Waals surface area (Å²) in [6, 6.07) is 23.7. The molecule has 0 saturated heterocycles. The Balaban J connectivity index is 2.23. The molecule has 3 rings (SSSR count). The monoisotopic (exact) mass is 261 g/mol. The Hall–Kier alpha value is -2.61. The molecule has 20 heavy (non-hydrogen) atoms. The summed E-state index contributed by atoms with van der Waals surface area (Å²) in [5, 5.41) is 2.19. The second-order valence-electron chi connectivity index (χ2n) is 4.81. The molecule has 1 unspecified atom stereocenters. The molecule has 2 heteroatoms. The van der Waals surface area contributed by atoms with Gasteiger partial charge in [0.15, 0.2) is 0 Å². The van der Waals surface area contributed by atoms with E-state index in [0.717, 1.165) is 21.9 Å². The van der Waals surface area contributed by atoms with Crippen LogP contribution in [0.15, 0.2) is 72.8 Å². The van der Waals surface area contributed by atoms with Gasteiger partial charge >= 0.3 is 0 Å². The van der Waals surface area contributed by atoms with E-state index in [1.54, 1.807) is 0 Å². The Bertz CT molecular complexity index is 744. The highest BCUT2D eigenvalue weighted by molar-refractivity contribution is 5.94. The minimum atomic E-state index is -0.415. The van der Waals surface area contributed by atoms with Gasteiger partial charge in [-0.1, -0.05) is 72.8 Å². The standard InChI is InChI=1S/C18H15NO/c19-18(20)17(14-8-2-1-3-9-14)16-12-6-10-13-7-4-5-11-15(13)16/h1-12,17H,(H2,19,20). The molecule has 0 radical (unpaired) electrons. The van der Waals surface area contributed by atoms with Gasteiger partial charge in [0.1, 0.15) is 0 Å². The summed E-state index contributed by atoms with van der Waals surface area (Å²) in [4.78, 5) is 12.0. The first-order chi connectivity index (χ1) is 9.77. The normalized spacial score (nSPS) is 12.2. The number of carbonyl (C=O) groups is 1. The Kier molecular flexibility index (Phi) is 3.21. The zero-order valence-corrected chi connectivity index (χ0v) is 11.0. The summed E-state index contributed by atoms with van der Waals surface area (Å²) < 4.78 is 0. The van der Waals surface area contributed by atoms with Crippen LogP contribution in [0.3, 0.4) is 0 Å². The highest BCUT2D eigenvalue weighted by Gasteiger charge is 2.21. The summed E-state index contributed by atoms with van der Waals surface area (Å²) in [7, 11) is 0. The number of rotatable bonds is 3. The van der Waals surface area contributed by atoms with E-state index in [-0.39, 0.29) is 5.91 Å². The first kappa shape index (κ1) is 12.4. The van der Waals surface area contributed by atoms with Crippen LogP contribution in [0.5, 0.6) is 0 Å². The molecule has 0 saturated carbocycles. The quantitative estimate of drug-likeness (QED) is 0.771. The zero-order chi connectivity index (χ0) is 13.9. The van der Waals surface area contributed by atoms with Gasteiger partial charge in [0.05, 0.1) is 5.92 Å². The number of nitrogens with two attached hydrogens (primary N) is 1. The zero-order valence-electron chi connectivity index (χ0n) is 11.0. The molecule has 0 heterocycles. The lowest BCUT2D eigenvalue weighted by molar-refractivity contribution is -0.118. The third-order valence-corrected chi connectivity index (χ3v) is 3.55. The molecule has 3 aromatic carbocycles. The Labute approximate surface area is 117 Å². The van der Waals surface area contributed by atoms with Crippen LogP contribution >= 0.6 is 0 Å². The van der Waals surface area contributed by atoms with Crippen molar-refractivity contribution in [3.8, 4) is 0 Å². The van der Waals surface area contributed by atoms with Crippen LogP contribution < -0.4 is 5.73 Å². The van der Waals surface area contributed by atoms with Gasteiger partial charge in [0, 0.05) is 0 Å². The van der Waals surface area contributed by atoms with Crippen molar-refractivity contribution >= 4 is 16.7 Å². The van der Waals surface area contributed by atoms with Gasteiger partial charge in [-0.25, -0.2) is 0 Å². The molecule has 0 spiro atoms. The van der Waals surface area contributed by atoms with Gasteiger partial charge < -0.3 is 5.73 Å². The van der Waals surface area contributed by atoms with Crippen molar-refractivity contribution in [1.29, 1.82) is 0 Å². The minimum Gasteiger partial charge on any atom is -0.369 e. The van der Waals surface area contributed by atoms with E-state index in [1.165, 1.54) is 0 Å². The molecule has 0 bridgehead atoms. The van der Waals surface area contributed by atoms with Crippen molar-refractivity contribution in [3.63, 3.8) is 0 Å². The fourth-order valence-electron chi connectivity index (χ4n) is 2.64. The van der Waals surface area contributed by atoms with Crippen LogP contribution in [-0.2, 0) is 4.79 Å². The van der Waals surface area contributed by atoms with Crippen LogP contribution in [0.25, 0.3) is 10.8 Å². The number of hydrogen-bond donors (Lipinski definition) is 1. The first-order valence-corrected chi connectivity index (χ1v) is 6.59. The van der Waals surface area contributed by atoms with Crippen molar-refractivity contribution in [3.05, 3.63) is 83.9 Å². The fraction of sp³-hybridized carbons (Fsp3) is 0.0556. The van der Waals surface area contributed by atoms with Gasteiger partial charge in [0.2, 0.25) is 5.91 Å². The Morgan fingerprint density at radius 2 is 1.45 bits per heavy atom. The fourth-order valence-corrected chi connectivity index (χ4v) is 2.64. The van der Waals surface area contributed by atoms with Gasteiger partial charge in [-0.3, -0.25) is 4.79 Å². The van der Waals surface area contributed by atoms with Crippen molar-refractivity contribution in [1.82, 2.24) is 0 Å². The van der Waals surface area contributed by atoms with Crippen molar-refractivity contribution < 1.29 is 4.79 Å². The average molecular weight is 261 g/mol. The molecule has 0 aromatic heterocycles. The lowest BCUT2D eigenvalue weighted by Crippen LogP contribution is -2.22. The van der Waals surface area contributed by atoms with E-state index in [1.807, 2.05) is 72.8 Å². The van der Waals surface area contributed by atoms with Gasteiger partial charge in [-0.15, -0.1) is 0 Å². The molecular weight excluding hydrogens is 246 g/mol. The molecule has 1 atom stereocenters. The van der Waals surface area contributed by atoms with Crippen LogP contribution in [-0.4, -0.2) is 5.91 Å². The predicted octanol–water partition coefficient (Wildman–Crippen LogP) is 3.46. The maximum absolute atomic E-state index is 12.0. The smallest absolute Gasteiger partial charge is 0.229 e. The van der Waals surface area contributed by atoms with E-state index in [9.17, 15) is 4.79 Å². The molecule has 0 aliphatic rings. The van der Waals surface area contributed by atoms with E-state index < -0.39 is 5.92 Å². The third-order valence-electron chi connectivity index (χ3n) is 3.55. The lowest BCUT2D eigenvalue weighted by atomic mass is 9.87. The van der Waals surface area contributed by atoms with Crippen molar-refractivity contribution in [2.75, 3.05) is 0 Å². The predicted molar refractivity (Wildman–Crippen MR) is 81.4 cm³/mol.